The molecule has 5 atom stereocenters. The highest BCUT2D eigenvalue weighted by molar-refractivity contribution is 7.91. The molecule has 49 heavy (non-hydrogen) atoms. The van der Waals surface area contributed by atoms with Gasteiger partial charge in [-0.2, -0.15) is 0 Å². The van der Waals surface area contributed by atoms with Gasteiger partial charge in [0.25, 0.3) is 5.91 Å². The summed E-state index contributed by atoms with van der Waals surface area (Å²) in [5, 5.41) is 5.50. The monoisotopic (exact) mass is 717 g/mol. The molecule has 0 bridgehead atoms. The van der Waals surface area contributed by atoms with E-state index in [1.807, 2.05) is 24.3 Å². The van der Waals surface area contributed by atoms with Crippen LogP contribution in [0, 0.1) is 5.92 Å². The quantitative estimate of drug-likeness (QED) is 0.333. The van der Waals surface area contributed by atoms with Crippen LogP contribution in [0.25, 0.3) is 5.70 Å². The lowest BCUT2D eigenvalue weighted by atomic mass is 9.97. The van der Waals surface area contributed by atoms with E-state index in [1.165, 1.54) is 4.90 Å². The Morgan fingerprint density at radius 2 is 1.88 bits per heavy atom. The highest BCUT2D eigenvalue weighted by Gasteiger charge is 2.63. The minimum atomic E-state index is -3.88. The van der Waals surface area contributed by atoms with Crippen molar-refractivity contribution in [1.82, 2.24) is 25.7 Å². The van der Waals surface area contributed by atoms with Gasteiger partial charge in [-0.1, -0.05) is 48.7 Å². The van der Waals surface area contributed by atoms with Crippen molar-refractivity contribution in [2.24, 2.45) is 5.92 Å². The number of allylic oxidation sites excluding steroid dienone is 1. The van der Waals surface area contributed by atoms with Crippen molar-refractivity contribution < 1.29 is 37.2 Å². The second kappa shape index (κ2) is 13.3. The standard InChI is InChI=1S/C34H44ClN5O8S/c1-32(2,3)47-31(44)36-25-13-8-6-4-5-7-11-22-17-34(22,30(43)39-49(45,46)24-14-15-24)37-28(41)27-19-33(20-40(27)29(25)42)18-26(38-48-33)21-10-9-12-23(35)16-21/h7,9-12,16,18,22,24-25,27,38H,4-6,8,13-15,17,19-20H2,1-3H3,(H,36,44)(H,37,41)(H,39,43)/t22-,25+,27+,33+,34-/m1/s1. The van der Waals surface area contributed by atoms with E-state index in [1.54, 1.807) is 39.0 Å². The first kappa shape index (κ1) is 35.2. The average molecular weight is 718 g/mol. The molecule has 1 spiro atoms. The molecule has 0 unspecified atom stereocenters. The summed E-state index contributed by atoms with van der Waals surface area (Å²) in [4.78, 5) is 62.8. The summed E-state index contributed by atoms with van der Waals surface area (Å²) in [5.74, 6) is -2.33. The van der Waals surface area contributed by atoms with Crippen molar-refractivity contribution in [1.29, 1.82) is 0 Å². The van der Waals surface area contributed by atoms with Gasteiger partial charge in [0.2, 0.25) is 21.8 Å². The van der Waals surface area contributed by atoms with Crippen LogP contribution in [0.15, 0.2) is 42.5 Å². The van der Waals surface area contributed by atoms with Crippen LogP contribution in [0.4, 0.5) is 4.79 Å². The van der Waals surface area contributed by atoms with Crippen LogP contribution in [0.3, 0.4) is 0 Å². The minimum Gasteiger partial charge on any atom is -0.444 e. The number of halogens is 1. The molecule has 4 amide bonds. The Morgan fingerprint density at radius 3 is 2.59 bits per heavy atom. The van der Waals surface area contributed by atoms with Crippen molar-refractivity contribution in [2.75, 3.05) is 6.54 Å². The number of hydroxylamine groups is 1. The first-order valence-electron chi connectivity index (χ1n) is 16.9. The van der Waals surface area contributed by atoms with Crippen LogP contribution < -0.4 is 20.8 Å². The van der Waals surface area contributed by atoms with E-state index in [9.17, 15) is 27.6 Å². The van der Waals surface area contributed by atoms with Crippen LogP contribution in [-0.2, 0) is 34.0 Å². The van der Waals surface area contributed by atoms with Crippen molar-refractivity contribution in [3.63, 3.8) is 0 Å². The Labute approximate surface area is 291 Å². The van der Waals surface area contributed by atoms with Crippen molar-refractivity contribution in [3.05, 3.63) is 53.1 Å². The number of hydrogen-bond donors (Lipinski definition) is 4. The molecule has 0 radical (unpaired) electrons. The summed E-state index contributed by atoms with van der Waals surface area (Å²) in [6.45, 7) is 5.14. The topological polar surface area (TPSA) is 172 Å². The van der Waals surface area contributed by atoms with Gasteiger partial charge in [0, 0.05) is 22.9 Å². The Morgan fingerprint density at radius 1 is 1.10 bits per heavy atom. The van der Waals surface area contributed by atoms with Crippen molar-refractivity contribution in [3.8, 4) is 0 Å². The maximum atomic E-state index is 14.4. The summed E-state index contributed by atoms with van der Waals surface area (Å²) in [7, 11) is -3.88. The summed E-state index contributed by atoms with van der Waals surface area (Å²) < 4.78 is 33.2. The third-order valence-electron chi connectivity index (χ3n) is 9.53. The van der Waals surface area contributed by atoms with E-state index in [-0.39, 0.29) is 19.4 Å². The van der Waals surface area contributed by atoms with Gasteiger partial charge in [-0.25, -0.2) is 13.2 Å². The Hall–Kier alpha value is -3.62. The lowest BCUT2D eigenvalue weighted by molar-refractivity contribution is -0.141. The molecule has 0 aromatic heterocycles. The van der Waals surface area contributed by atoms with Gasteiger partial charge in [0.15, 0.2) is 0 Å². The van der Waals surface area contributed by atoms with Crippen molar-refractivity contribution >= 4 is 51.1 Å². The lowest BCUT2D eigenvalue weighted by Gasteiger charge is -2.30. The molecule has 15 heteroatoms. The number of hydrogen-bond acceptors (Lipinski definition) is 9. The number of benzene rings is 1. The zero-order chi connectivity index (χ0) is 35.2. The van der Waals surface area contributed by atoms with Gasteiger partial charge in [-0.05, 0) is 77.5 Å². The number of sulfonamides is 1. The molecule has 4 N–H and O–H groups in total. The molecule has 3 heterocycles. The molecule has 13 nitrogen and oxygen atoms in total. The first-order chi connectivity index (χ1) is 23.1. The number of nitrogens with one attached hydrogen (secondary N) is 4. The fourth-order valence-electron chi connectivity index (χ4n) is 6.74. The van der Waals surface area contributed by atoms with E-state index in [0.717, 1.165) is 18.4 Å². The molecule has 6 rings (SSSR count). The normalized spacial score (nSPS) is 30.6. The highest BCUT2D eigenvalue weighted by atomic mass is 35.5. The van der Waals surface area contributed by atoms with E-state index < -0.39 is 73.8 Å². The number of nitrogens with zero attached hydrogens (tertiary/aromatic N) is 1. The highest BCUT2D eigenvalue weighted by Crippen LogP contribution is 2.47. The van der Waals surface area contributed by atoms with Gasteiger partial charge in [-0.3, -0.25) is 29.4 Å². The molecule has 3 aliphatic heterocycles. The van der Waals surface area contributed by atoms with Crippen LogP contribution in [-0.4, -0.2) is 77.8 Å². The molecule has 3 fully saturated rings. The molecule has 266 valence electrons. The van der Waals surface area contributed by atoms with Gasteiger partial charge in [0.1, 0.15) is 28.8 Å². The second-order valence-electron chi connectivity index (χ2n) is 14.7. The maximum absolute atomic E-state index is 14.4. The fourth-order valence-corrected chi connectivity index (χ4v) is 8.30. The number of fused-ring (bicyclic) bond motifs is 2. The van der Waals surface area contributed by atoms with Crippen LogP contribution in [0.1, 0.15) is 84.1 Å². The summed E-state index contributed by atoms with van der Waals surface area (Å²) in [5.41, 5.74) is 0.852. The van der Waals surface area contributed by atoms with E-state index in [4.69, 9.17) is 21.2 Å². The van der Waals surface area contributed by atoms with Crippen LogP contribution in [0.2, 0.25) is 5.02 Å². The third-order valence-corrected chi connectivity index (χ3v) is 11.6. The van der Waals surface area contributed by atoms with E-state index >= 15 is 0 Å². The lowest BCUT2D eigenvalue weighted by Crippen LogP contribution is -2.58. The Kier molecular flexibility index (Phi) is 9.53. The Balaban J connectivity index is 1.33. The summed E-state index contributed by atoms with van der Waals surface area (Å²) >= 11 is 6.23. The molecule has 2 aliphatic carbocycles. The predicted molar refractivity (Wildman–Crippen MR) is 181 cm³/mol. The number of alkyl carbamates (subject to hydrolysis) is 1. The number of rotatable bonds is 5. The zero-order valence-corrected chi connectivity index (χ0v) is 29.5. The first-order valence-corrected chi connectivity index (χ1v) is 18.8. The zero-order valence-electron chi connectivity index (χ0n) is 27.9. The van der Waals surface area contributed by atoms with Gasteiger partial charge < -0.3 is 20.3 Å². The Bertz CT molecular complexity index is 1690. The third kappa shape index (κ3) is 7.91. The largest absolute Gasteiger partial charge is 0.444 e. The summed E-state index contributed by atoms with van der Waals surface area (Å²) in [6, 6.07) is 5.02. The molecule has 5 aliphatic rings. The second-order valence-corrected chi connectivity index (χ2v) is 17.1. The predicted octanol–water partition coefficient (Wildman–Crippen LogP) is 3.45. The fraction of sp³-hybridized carbons (Fsp3) is 0.588. The smallest absolute Gasteiger partial charge is 0.408 e. The molecular weight excluding hydrogens is 674 g/mol. The molecule has 1 aromatic carbocycles. The van der Waals surface area contributed by atoms with Gasteiger partial charge in [0.05, 0.1) is 17.5 Å². The van der Waals surface area contributed by atoms with Gasteiger partial charge >= 0.3 is 6.09 Å². The number of carbonyl (C=O) groups excluding carboxylic acids is 4. The number of ether oxygens (including phenoxy) is 1. The SMILES string of the molecule is CC(C)(C)OC(=O)N[C@H]1CCCCCC=C[C@@H]2C[C@@]2(C(=O)NS(=O)(=O)C2CC2)NC(=O)[C@@H]2C[C@@]3(C=C(c4cccc(Cl)c4)NO3)CN2C1=O. The van der Waals surface area contributed by atoms with Gasteiger partial charge in [-0.15, -0.1) is 0 Å². The molecule has 1 saturated heterocycles. The molecule has 1 aromatic rings. The molecule has 2 saturated carbocycles. The molecular formula is C34H44ClN5O8S. The van der Waals surface area contributed by atoms with Crippen LogP contribution in [0.5, 0.6) is 0 Å². The number of amides is 4. The maximum Gasteiger partial charge on any atom is 0.408 e. The average Bonchev–Trinajstić information content (AvgIpc) is 3.92. The van der Waals surface area contributed by atoms with Crippen molar-refractivity contribution in [2.45, 2.75) is 113 Å². The minimum absolute atomic E-state index is 0.0272. The summed E-state index contributed by atoms with van der Waals surface area (Å²) in [6.07, 6.45) is 9.26. The number of carbonyl (C=O) groups is 4. The van der Waals surface area contributed by atoms with Crippen LogP contribution >= 0.6 is 11.6 Å². The van der Waals surface area contributed by atoms with E-state index in [0.29, 0.717) is 42.8 Å². The van der Waals surface area contributed by atoms with E-state index in [2.05, 4.69) is 20.8 Å².